The Morgan fingerprint density at radius 3 is 2.57 bits per heavy atom. The Morgan fingerprint density at radius 2 is 1.93 bits per heavy atom. The van der Waals surface area contributed by atoms with E-state index in [1.807, 2.05) is 0 Å². The summed E-state index contributed by atoms with van der Waals surface area (Å²) in [6.45, 7) is 5.02. The Kier molecular flexibility index (Phi) is 3.45. The van der Waals surface area contributed by atoms with Gasteiger partial charge in [0.15, 0.2) is 0 Å². The van der Waals surface area contributed by atoms with Crippen molar-refractivity contribution in [2.24, 2.45) is 11.8 Å². The molecule has 1 saturated carbocycles. The van der Waals surface area contributed by atoms with Gasteiger partial charge in [-0.05, 0) is 18.8 Å². The number of aliphatic hydroxyl groups is 1. The van der Waals surface area contributed by atoms with Crippen molar-refractivity contribution >= 4 is 0 Å². The van der Waals surface area contributed by atoms with E-state index < -0.39 is 0 Å². The van der Waals surface area contributed by atoms with Gasteiger partial charge in [-0.3, -0.25) is 4.90 Å². The van der Waals surface area contributed by atoms with Crippen LogP contribution in [0.5, 0.6) is 0 Å². The third-order valence-corrected chi connectivity index (χ3v) is 4.11. The third kappa shape index (κ3) is 1.96. The molecule has 82 valence electrons. The number of hydrogen-bond donors (Lipinski definition) is 1. The van der Waals surface area contributed by atoms with Crippen molar-refractivity contribution < 1.29 is 5.11 Å². The van der Waals surface area contributed by atoms with Crippen LogP contribution < -0.4 is 0 Å². The van der Waals surface area contributed by atoms with Gasteiger partial charge in [-0.1, -0.05) is 26.2 Å². The first-order valence-corrected chi connectivity index (χ1v) is 6.20. The highest BCUT2D eigenvalue weighted by atomic mass is 16.3. The molecule has 0 bridgehead atoms. The minimum absolute atomic E-state index is 0.389. The van der Waals surface area contributed by atoms with Crippen molar-refractivity contribution in [1.29, 1.82) is 0 Å². The quantitative estimate of drug-likeness (QED) is 0.746. The third-order valence-electron chi connectivity index (χ3n) is 4.11. The molecule has 1 N–H and O–H groups in total. The van der Waals surface area contributed by atoms with Crippen molar-refractivity contribution in [3.05, 3.63) is 0 Å². The molecule has 0 aromatic carbocycles. The molecule has 0 spiro atoms. The SMILES string of the molecule is CCC1CCCCC1N1CC(CO)C1. The Balaban J connectivity index is 1.83. The standard InChI is InChI=1S/C12H23NO/c1-2-11-5-3-4-6-12(11)13-7-10(8-13)9-14/h10-12,14H,2-9H2,1H3. The van der Waals surface area contributed by atoms with Crippen LogP contribution in [0.3, 0.4) is 0 Å². The van der Waals surface area contributed by atoms with E-state index >= 15 is 0 Å². The van der Waals surface area contributed by atoms with Gasteiger partial charge >= 0.3 is 0 Å². The van der Waals surface area contributed by atoms with Gasteiger partial charge in [-0.15, -0.1) is 0 Å². The lowest BCUT2D eigenvalue weighted by Gasteiger charge is -2.48. The smallest absolute Gasteiger partial charge is 0.0483 e. The summed E-state index contributed by atoms with van der Waals surface area (Å²) in [4.78, 5) is 2.61. The average molecular weight is 197 g/mol. The zero-order chi connectivity index (χ0) is 9.97. The maximum absolute atomic E-state index is 9.00. The topological polar surface area (TPSA) is 23.5 Å². The van der Waals surface area contributed by atoms with Gasteiger partial charge in [-0.2, -0.15) is 0 Å². The molecule has 14 heavy (non-hydrogen) atoms. The normalized spacial score (nSPS) is 35.6. The fourth-order valence-corrected chi connectivity index (χ4v) is 3.14. The minimum Gasteiger partial charge on any atom is -0.396 e. The monoisotopic (exact) mass is 197 g/mol. The van der Waals surface area contributed by atoms with Crippen LogP contribution in [0.1, 0.15) is 39.0 Å². The van der Waals surface area contributed by atoms with E-state index in [1.165, 1.54) is 32.1 Å². The van der Waals surface area contributed by atoms with Gasteiger partial charge in [0.25, 0.3) is 0 Å². The van der Waals surface area contributed by atoms with E-state index in [0.717, 1.165) is 25.0 Å². The van der Waals surface area contributed by atoms with Crippen molar-refractivity contribution in [2.45, 2.75) is 45.1 Å². The van der Waals surface area contributed by atoms with Crippen LogP contribution in [0.2, 0.25) is 0 Å². The fraction of sp³-hybridized carbons (Fsp3) is 1.00. The second-order valence-corrected chi connectivity index (χ2v) is 5.02. The second-order valence-electron chi connectivity index (χ2n) is 5.02. The van der Waals surface area contributed by atoms with Crippen LogP contribution in [-0.2, 0) is 0 Å². The molecule has 2 aliphatic rings. The molecular weight excluding hydrogens is 174 g/mol. The number of aliphatic hydroxyl groups excluding tert-OH is 1. The highest BCUT2D eigenvalue weighted by molar-refractivity contribution is 4.90. The van der Waals surface area contributed by atoms with Crippen molar-refractivity contribution in [1.82, 2.24) is 4.90 Å². The summed E-state index contributed by atoms with van der Waals surface area (Å²) in [6, 6.07) is 0.844. The molecule has 1 aliphatic heterocycles. The molecule has 0 amide bonds. The maximum Gasteiger partial charge on any atom is 0.0483 e. The van der Waals surface area contributed by atoms with Gasteiger partial charge in [0.2, 0.25) is 0 Å². The van der Waals surface area contributed by atoms with Crippen molar-refractivity contribution in [3.8, 4) is 0 Å². The largest absolute Gasteiger partial charge is 0.396 e. The van der Waals surface area contributed by atoms with Crippen molar-refractivity contribution in [3.63, 3.8) is 0 Å². The predicted molar refractivity (Wildman–Crippen MR) is 58.2 cm³/mol. The van der Waals surface area contributed by atoms with Crippen LogP contribution in [0.15, 0.2) is 0 Å². The lowest BCUT2D eigenvalue weighted by Crippen LogP contribution is -2.56. The number of rotatable bonds is 3. The first-order valence-electron chi connectivity index (χ1n) is 6.20. The predicted octanol–water partition coefficient (Wildman–Crippen LogP) is 1.88. The average Bonchev–Trinajstić information content (AvgIpc) is 2.17. The van der Waals surface area contributed by atoms with Crippen LogP contribution in [0.25, 0.3) is 0 Å². The Labute approximate surface area is 87.3 Å². The molecule has 0 radical (unpaired) electrons. The summed E-state index contributed by atoms with van der Waals surface area (Å²) in [7, 11) is 0. The zero-order valence-electron chi connectivity index (χ0n) is 9.28. The lowest BCUT2D eigenvalue weighted by molar-refractivity contribution is -0.0155. The van der Waals surface area contributed by atoms with Crippen LogP contribution in [0, 0.1) is 11.8 Å². The minimum atomic E-state index is 0.389. The first kappa shape index (κ1) is 10.4. The number of nitrogens with zero attached hydrogens (tertiary/aromatic N) is 1. The lowest BCUT2D eigenvalue weighted by atomic mass is 9.80. The summed E-state index contributed by atoms with van der Waals surface area (Å²) < 4.78 is 0. The Morgan fingerprint density at radius 1 is 1.21 bits per heavy atom. The molecule has 1 heterocycles. The van der Waals surface area contributed by atoms with E-state index in [2.05, 4.69) is 11.8 Å². The summed E-state index contributed by atoms with van der Waals surface area (Å²) >= 11 is 0. The highest BCUT2D eigenvalue weighted by Gasteiger charge is 2.36. The van der Waals surface area contributed by atoms with E-state index in [0.29, 0.717) is 12.5 Å². The molecule has 2 atom stereocenters. The molecule has 2 fully saturated rings. The number of likely N-dealkylation sites (tertiary alicyclic amines) is 1. The van der Waals surface area contributed by atoms with Crippen LogP contribution in [-0.4, -0.2) is 35.7 Å². The van der Waals surface area contributed by atoms with Crippen LogP contribution in [0.4, 0.5) is 0 Å². The molecule has 2 heteroatoms. The summed E-state index contributed by atoms with van der Waals surface area (Å²) in [5, 5.41) is 9.00. The summed E-state index contributed by atoms with van der Waals surface area (Å²) in [5.41, 5.74) is 0. The Bertz CT molecular complexity index is 177. The zero-order valence-corrected chi connectivity index (χ0v) is 9.28. The molecule has 1 saturated heterocycles. The molecule has 2 unspecified atom stereocenters. The van der Waals surface area contributed by atoms with E-state index in [4.69, 9.17) is 5.11 Å². The molecule has 0 aromatic heterocycles. The molecule has 2 rings (SSSR count). The van der Waals surface area contributed by atoms with Gasteiger partial charge < -0.3 is 5.11 Å². The molecule has 2 nitrogen and oxygen atoms in total. The fourth-order valence-electron chi connectivity index (χ4n) is 3.14. The summed E-state index contributed by atoms with van der Waals surface area (Å²) in [5.74, 6) is 1.51. The molecular formula is C12H23NO. The van der Waals surface area contributed by atoms with Crippen LogP contribution >= 0.6 is 0 Å². The second kappa shape index (κ2) is 4.63. The van der Waals surface area contributed by atoms with Gasteiger partial charge in [0.05, 0.1) is 0 Å². The van der Waals surface area contributed by atoms with Gasteiger partial charge in [0.1, 0.15) is 0 Å². The van der Waals surface area contributed by atoms with Gasteiger partial charge in [-0.25, -0.2) is 0 Å². The molecule has 0 aromatic rings. The van der Waals surface area contributed by atoms with E-state index in [9.17, 15) is 0 Å². The first-order chi connectivity index (χ1) is 6.85. The highest BCUT2D eigenvalue weighted by Crippen LogP contribution is 2.34. The molecule has 1 aliphatic carbocycles. The van der Waals surface area contributed by atoms with E-state index in [-0.39, 0.29) is 0 Å². The maximum atomic E-state index is 9.00. The van der Waals surface area contributed by atoms with Gasteiger partial charge in [0, 0.05) is 31.7 Å². The Hall–Kier alpha value is -0.0800. The summed E-state index contributed by atoms with van der Waals surface area (Å²) in [6.07, 6.45) is 7.02. The van der Waals surface area contributed by atoms with E-state index in [1.54, 1.807) is 0 Å². The van der Waals surface area contributed by atoms with Crippen molar-refractivity contribution in [2.75, 3.05) is 19.7 Å². The number of hydrogen-bond acceptors (Lipinski definition) is 2.